The minimum Gasteiger partial charge on any atom is -0.476 e. The van der Waals surface area contributed by atoms with E-state index in [4.69, 9.17) is 4.74 Å². The summed E-state index contributed by atoms with van der Waals surface area (Å²) in [5.41, 5.74) is 3.02. The third-order valence-electron chi connectivity index (χ3n) is 3.83. The van der Waals surface area contributed by atoms with Crippen LogP contribution in [0, 0.1) is 0 Å². The lowest BCUT2D eigenvalue weighted by Crippen LogP contribution is -2.20. The van der Waals surface area contributed by atoms with E-state index in [1.807, 2.05) is 36.4 Å². The lowest BCUT2D eigenvalue weighted by molar-refractivity contribution is 0.302. The Balaban J connectivity index is 1.55. The molecule has 0 fully saturated rings. The van der Waals surface area contributed by atoms with E-state index in [0.717, 1.165) is 29.7 Å². The Morgan fingerprint density at radius 1 is 1.13 bits per heavy atom. The lowest BCUT2D eigenvalue weighted by Gasteiger charge is -2.07. The van der Waals surface area contributed by atoms with Crippen molar-refractivity contribution in [2.45, 2.75) is 6.54 Å². The quantitative estimate of drug-likeness (QED) is 0.700. The van der Waals surface area contributed by atoms with Gasteiger partial charge in [0.15, 0.2) is 0 Å². The van der Waals surface area contributed by atoms with Gasteiger partial charge in [0.1, 0.15) is 6.61 Å². The SMILES string of the molecule is Cn1c(=O)n(C)c2cc(CNCCOc3ccccn3)ccc21. The van der Waals surface area contributed by atoms with Crippen LogP contribution < -0.4 is 15.7 Å². The fourth-order valence-corrected chi connectivity index (χ4v) is 2.56. The Morgan fingerprint density at radius 2 is 1.96 bits per heavy atom. The molecular weight excluding hydrogens is 292 g/mol. The summed E-state index contributed by atoms with van der Waals surface area (Å²) in [6, 6.07) is 11.7. The second kappa shape index (κ2) is 6.66. The van der Waals surface area contributed by atoms with Gasteiger partial charge in [0.25, 0.3) is 0 Å². The number of ether oxygens (including phenoxy) is 1. The molecule has 0 radical (unpaired) electrons. The molecule has 120 valence electrons. The number of hydrogen-bond acceptors (Lipinski definition) is 4. The molecule has 0 bridgehead atoms. The summed E-state index contributed by atoms with van der Waals surface area (Å²) in [6.45, 7) is 2.01. The van der Waals surface area contributed by atoms with Crippen LogP contribution in [0.1, 0.15) is 5.56 Å². The maximum Gasteiger partial charge on any atom is 0.328 e. The van der Waals surface area contributed by atoms with Gasteiger partial charge in [-0.25, -0.2) is 9.78 Å². The molecule has 0 saturated heterocycles. The minimum atomic E-state index is -0.00568. The zero-order valence-corrected chi connectivity index (χ0v) is 13.3. The van der Waals surface area contributed by atoms with Crippen LogP contribution >= 0.6 is 0 Å². The van der Waals surface area contributed by atoms with Gasteiger partial charge in [0.2, 0.25) is 5.88 Å². The number of fused-ring (bicyclic) bond motifs is 1. The maximum atomic E-state index is 11.9. The topological polar surface area (TPSA) is 61.1 Å². The highest BCUT2D eigenvalue weighted by molar-refractivity contribution is 5.76. The number of hydrogen-bond donors (Lipinski definition) is 1. The number of nitrogens with one attached hydrogen (secondary N) is 1. The highest BCUT2D eigenvalue weighted by Gasteiger charge is 2.07. The van der Waals surface area contributed by atoms with Crippen molar-refractivity contribution in [3.8, 4) is 5.88 Å². The monoisotopic (exact) mass is 312 g/mol. The molecule has 0 atom stereocenters. The summed E-state index contributed by atoms with van der Waals surface area (Å²) in [7, 11) is 3.58. The predicted octanol–water partition coefficient (Wildman–Crippen LogP) is 1.44. The van der Waals surface area contributed by atoms with Crippen molar-refractivity contribution in [1.82, 2.24) is 19.4 Å². The van der Waals surface area contributed by atoms with Crippen molar-refractivity contribution in [2.24, 2.45) is 14.1 Å². The first-order chi connectivity index (χ1) is 11.2. The second-order valence-electron chi connectivity index (χ2n) is 5.42. The average Bonchev–Trinajstić information content (AvgIpc) is 2.80. The molecule has 0 aliphatic heterocycles. The van der Waals surface area contributed by atoms with Crippen molar-refractivity contribution in [3.05, 3.63) is 58.6 Å². The number of benzene rings is 1. The lowest BCUT2D eigenvalue weighted by atomic mass is 10.2. The van der Waals surface area contributed by atoms with Gasteiger partial charge in [-0.1, -0.05) is 12.1 Å². The molecular formula is C17H20N4O2. The molecule has 3 aromatic rings. The smallest absolute Gasteiger partial charge is 0.328 e. The summed E-state index contributed by atoms with van der Waals surface area (Å²) in [4.78, 5) is 16.0. The summed E-state index contributed by atoms with van der Waals surface area (Å²) < 4.78 is 8.86. The fourth-order valence-electron chi connectivity index (χ4n) is 2.56. The van der Waals surface area contributed by atoms with E-state index >= 15 is 0 Å². The first-order valence-electron chi connectivity index (χ1n) is 7.55. The highest BCUT2D eigenvalue weighted by atomic mass is 16.5. The molecule has 2 heterocycles. The van der Waals surface area contributed by atoms with E-state index in [-0.39, 0.29) is 5.69 Å². The Morgan fingerprint density at radius 3 is 2.74 bits per heavy atom. The van der Waals surface area contributed by atoms with Gasteiger partial charge in [-0.15, -0.1) is 0 Å². The molecule has 0 aliphatic carbocycles. The van der Waals surface area contributed by atoms with Crippen LogP contribution in [0.2, 0.25) is 0 Å². The van der Waals surface area contributed by atoms with Gasteiger partial charge in [0, 0.05) is 39.4 Å². The van der Waals surface area contributed by atoms with Crippen molar-refractivity contribution in [1.29, 1.82) is 0 Å². The summed E-state index contributed by atoms with van der Waals surface area (Å²) in [5.74, 6) is 0.634. The number of aromatic nitrogens is 3. The van der Waals surface area contributed by atoms with E-state index < -0.39 is 0 Å². The van der Waals surface area contributed by atoms with E-state index in [2.05, 4.69) is 10.3 Å². The van der Waals surface area contributed by atoms with Gasteiger partial charge in [-0.05, 0) is 23.8 Å². The molecule has 6 nitrogen and oxygen atoms in total. The molecule has 6 heteroatoms. The Kier molecular flexibility index (Phi) is 4.43. The van der Waals surface area contributed by atoms with Gasteiger partial charge in [-0.3, -0.25) is 9.13 Å². The zero-order chi connectivity index (χ0) is 16.2. The summed E-state index contributed by atoms with van der Waals surface area (Å²) in [5, 5.41) is 3.33. The van der Waals surface area contributed by atoms with E-state index in [1.54, 1.807) is 29.4 Å². The Bertz CT molecular complexity index is 852. The van der Waals surface area contributed by atoms with Crippen LogP contribution in [0.15, 0.2) is 47.4 Å². The Hall–Kier alpha value is -2.60. The van der Waals surface area contributed by atoms with Crippen LogP contribution in [-0.4, -0.2) is 27.3 Å². The van der Waals surface area contributed by atoms with Crippen LogP contribution in [0.3, 0.4) is 0 Å². The van der Waals surface area contributed by atoms with Crippen LogP contribution in [0.25, 0.3) is 11.0 Å². The van der Waals surface area contributed by atoms with Crippen molar-refractivity contribution < 1.29 is 4.74 Å². The molecule has 0 amide bonds. The maximum absolute atomic E-state index is 11.9. The molecule has 3 rings (SSSR count). The first kappa shape index (κ1) is 15.3. The number of aryl methyl sites for hydroxylation is 2. The van der Waals surface area contributed by atoms with Crippen LogP contribution in [0.5, 0.6) is 5.88 Å². The van der Waals surface area contributed by atoms with Crippen LogP contribution in [0.4, 0.5) is 0 Å². The number of pyridine rings is 1. The predicted molar refractivity (Wildman–Crippen MR) is 89.6 cm³/mol. The third-order valence-corrected chi connectivity index (χ3v) is 3.83. The van der Waals surface area contributed by atoms with Crippen LogP contribution in [-0.2, 0) is 20.6 Å². The molecule has 0 aliphatic rings. The number of rotatable bonds is 6. The second-order valence-corrected chi connectivity index (χ2v) is 5.42. The molecule has 0 saturated carbocycles. The molecule has 0 spiro atoms. The largest absolute Gasteiger partial charge is 0.476 e. The first-order valence-corrected chi connectivity index (χ1v) is 7.55. The summed E-state index contributed by atoms with van der Waals surface area (Å²) in [6.07, 6.45) is 1.71. The van der Waals surface area contributed by atoms with E-state index in [0.29, 0.717) is 12.5 Å². The average molecular weight is 312 g/mol. The number of imidazole rings is 1. The fraction of sp³-hybridized carbons (Fsp3) is 0.294. The van der Waals surface area contributed by atoms with Gasteiger partial charge in [0.05, 0.1) is 11.0 Å². The van der Waals surface area contributed by atoms with Crippen molar-refractivity contribution >= 4 is 11.0 Å². The summed E-state index contributed by atoms with van der Waals surface area (Å²) >= 11 is 0. The van der Waals surface area contributed by atoms with Gasteiger partial charge < -0.3 is 10.1 Å². The molecule has 2 aromatic heterocycles. The van der Waals surface area contributed by atoms with Crippen molar-refractivity contribution in [3.63, 3.8) is 0 Å². The number of nitrogens with zero attached hydrogens (tertiary/aromatic N) is 3. The molecule has 0 unspecified atom stereocenters. The molecule has 1 aromatic carbocycles. The van der Waals surface area contributed by atoms with E-state index in [9.17, 15) is 4.79 Å². The molecule has 23 heavy (non-hydrogen) atoms. The molecule has 1 N–H and O–H groups in total. The van der Waals surface area contributed by atoms with Gasteiger partial charge >= 0.3 is 5.69 Å². The standard InChI is InChI=1S/C17H20N4O2/c1-20-14-7-6-13(11-15(14)21(2)17(20)22)12-18-9-10-23-16-5-3-4-8-19-16/h3-8,11,18H,9-10,12H2,1-2H3. The van der Waals surface area contributed by atoms with Gasteiger partial charge in [-0.2, -0.15) is 0 Å². The van der Waals surface area contributed by atoms with Crippen molar-refractivity contribution in [2.75, 3.05) is 13.2 Å². The Labute approximate surface area is 134 Å². The third kappa shape index (κ3) is 3.27. The minimum absolute atomic E-state index is 0.00568. The highest BCUT2D eigenvalue weighted by Crippen LogP contribution is 2.13. The van der Waals surface area contributed by atoms with E-state index in [1.165, 1.54) is 0 Å². The normalized spacial score (nSPS) is 11.0. The zero-order valence-electron chi connectivity index (χ0n) is 13.3.